The first-order chi connectivity index (χ1) is 7.10. The third-order valence-electron chi connectivity index (χ3n) is 1.72. The van der Waals surface area contributed by atoms with Gasteiger partial charge in [0.2, 0.25) is 0 Å². The van der Waals surface area contributed by atoms with Crippen LogP contribution in [0.2, 0.25) is 0 Å². The lowest BCUT2D eigenvalue weighted by molar-refractivity contribution is -0.116. The highest BCUT2D eigenvalue weighted by Crippen LogP contribution is 1.87. The van der Waals surface area contributed by atoms with Crippen molar-refractivity contribution in [2.24, 2.45) is 0 Å². The van der Waals surface area contributed by atoms with Crippen LogP contribution < -0.4 is 10.6 Å². The molecule has 2 amide bonds. The number of rotatable bonds is 7. The summed E-state index contributed by atoms with van der Waals surface area (Å²) in [6.07, 6.45) is -0.116. The van der Waals surface area contributed by atoms with E-state index in [0.717, 1.165) is 0 Å². The minimum atomic E-state index is -0.455. The molecule has 2 N–H and O–H groups in total. The molecular weight excluding hydrogens is 200 g/mol. The number of nitrogens with one attached hydrogen (secondary N) is 2. The van der Waals surface area contributed by atoms with Crippen LogP contribution >= 0.6 is 0 Å². The Morgan fingerprint density at radius 3 is 2.27 bits per heavy atom. The number of amides is 2. The van der Waals surface area contributed by atoms with Gasteiger partial charge in [0.15, 0.2) is 6.29 Å². The molecule has 0 unspecified atom stereocenters. The number of carbonyl (C=O) groups is 2. The van der Waals surface area contributed by atoms with E-state index in [1.807, 2.05) is 0 Å². The third-order valence-corrected chi connectivity index (χ3v) is 1.72. The van der Waals surface area contributed by atoms with Crippen molar-refractivity contribution in [1.82, 2.24) is 10.6 Å². The smallest absolute Gasteiger partial charge is 0.314 e. The van der Waals surface area contributed by atoms with Gasteiger partial charge in [-0.1, -0.05) is 0 Å². The Morgan fingerprint density at radius 1 is 1.20 bits per heavy atom. The number of hydrogen-bond donors (Lipinski definition) is 2. The molecule has 0 aromatic rings. The Balaban J connectivity index is 3.52. The Labute approximate surface area is 89.3 Å². The summed E-state index contributed by atoms with van der Waals surface area (Å²) in [5.41, 5.74) is 0. The van der Waals surface area contributed by atoms with Crippen LogP contribution in [0.15, 0.2) is 0 Å². The lowest BCUT2D eigenvalue weighted by atomic mass is 10.3. The Kier molecular flexibility index (Phi) is 7.57. The van der Waals surface area contributed by atoms with E-state index in [9.17, 15) is 9.59 Å². The Bertz CT molecular complexity index is 204. The second-order valence-electron chi connectivity index (χ2n) is 2.99. The van der Waals surface area contributed by atoms with Crippen molar-refractivity contribution in [2.75, 3.05) is 27.3 Å². The van der Waals surface area contributed by atoms with Gasteiger partial charge in [-0.15, -0.1) is 0 Å². The summed E-state index contributed by atoms with van der Waals surface area (Å²) in [5, 5.41) is 5.08. The number of ether oxygens (including phenoxy) is 2. The molecule has 0 aliphatic carbocycles. The first-order valence-corrected chi connectivity index (χ1v) is 4.67. The van der Waals surface area contributed by atoms with Gasteiger partial charge in [-0.05, 0) is 6.92 Å². The minimum Gasteiger partial charge on any atom is -0.354 e. The van der Waals surface area contributed by atoms with Crippen molar-refractivity contribution in [3.05, 3.63) is 0 Å². The summed E-state index contributed by atoms with van der Waals surface area (Å²) in [7, 11) is 2.98. The second kappa shape index (κ2) is 8.19. The second-order valence-corrected chi connectivity index (χ2v) is 2.99. The van der Waals surface area contributed by atoms with Crippen LogP contribution in [0.3, 0.4) is 0 Å². The van der Waals surface area contributed by atoms with E-state index in [1.54, 1.807) is 0 Å². The molecule has 6 nitrogen and oxygen atoms in total. The number of hydrogen-bond acceptors (Lipinski definition) is 4. The maximum atomic E-state index is 11.1. The van der Waals surface area contributed by atoms with Crippen molar-refractivity contribution < 1.29 is 19.1 Å². The summed E-state index contributed by atoms with van der Waals surface area (Å²) >= 11 is 0. The lowest BCUT2D eigenvalue weighted by Gasteiger charge is -2.14. The van der Waals surface area contributed by atoms with Crippen molar-refractivity contribution in [3.63, 3.8) is 0 Å². The average molecular weight is 218 g/mol. The molecule has 88 valence electrons. The van der Waals surface area contributed by atoms with Crippen molar-refractivity contribution in [2.45, 2.75) is 19.6 Å². The first kappa shape index (κ1) is 13.9. The molecule has 15 heavy (non-hydrogen) atoms. The van der Waals surface area contributed by atoms with Gasteiger partial charge in [-0.2, -0.15) is 0 Å². The van der Waals surface area contributed by atoms with Crippen LogP contribution in [-0.2, 0) is 14.3 Å². The molecule has 0 heterocycles. The molecule has 0 aliphatic heterocycles. The Morgan fingerprint density at radius 2 is 1.80 bits per heavy atom. The highest BCUT2D eigenvalue weighted by Gasteiger charge is 2.06. The summed E-state index contributed by atoms with van der Waals surface area (Å²) in [6.45, 7) is 2.08. The molecule has 0 radical (unpaired) electrons. The lowest BCUT2D eigenvalue weighted by Crippen LogP contribution is -2.41. The minimum absolute atomic E-state index is 0.0435. The van der Waals surface area contributed by atoms with Crippen molar-refractivity contribution >= 4 is 11.8 Å². The Hall–Kier alpha value is -1.14. The van der Waals surface area contributed by atoms with Gasteiger partial charge in [0.1, 0.15) is 5.78 Å². The van der Waals surface area contributed by atoms with E-state index < -0.39 is 6.29 Å². The fraction of sp³-hybridized carbons (Fsp3) is 0.778. The van der Waals surface area contributed by atoms with Gasteiger partial charge in [0, 0.05) is 27.2 Å². The number of urea groups is 1. The van der Waals surface area contributed by atoms with Gasteiger partial charge in [-0.25, -0.2) is 4.79 Å². The summed E-state index contributed by atoms with van der Waals surface area (Å²) in [5.74, 6) is 0.0435. The molecule has 0 saturated carbocycles. The van der Waals surface area contributed by atoms with Crippen LogP contribution in [0.25, 0.3) is 0 Å². The average Bonchev–Trinajstić information content (AvgIpc) is 2.18. The van der Waals surface area contributed by atoms with Gasteiger partial charge in [-0.3, -0.25) is 4.79 Å². The van der Waals surface area contributed by atoms with E-state index in [4.69, 9.17) is 9.47 Å². The maximum Gasteiger partial charge on any atom is 0.314 e. The van der Waals surface area contributed by atoms with Crippen molar-refractivity contribution in [1.29, 1.82) is 0 Å². The van der Waals surface area contributed by atoms with E-state index in [1.165, 1.54) is 21.1 Å². The predicted molar refractivity (Wildman–Crippen MR) is 54.5 cm³/mol. The van der Waals surface area contributed by atoms with Gasteiger partial charge >= 0.3 is 6.03 Å². The molecule has 0 spiro atoms. The molecule has 0 aliphatic rings. The first-order valence-electron chi connectivity index (χ1n) is 4.67. The molecule has 0 aromatic heterocycles. The molecule has 0 fully saturated rings. The monoisotopic (exact) mass is 218 g/mol. The van der Waals surface area contributed by atoms with Crippen molar-refractivity contribution in [3.8, 4) is 0 Å². The molecule has 0 saturated heterocycles. The zero-order valence-electron chi connectivity index (χ0n) is 9.33. The van der Waals surface area contributed by atoms with Crippen LogP contribution in [0.4, 0.5) is 4.79 Å². The maximum absolute atomic E-state index is 11.1. The molecule has 0 rings (SSSR count). The molecular formula is C9H18N2O4. The molecule has 0 bridgehead atoms. The molecule has 6 heteroatoms. The van der Waals surface area contributed by atoms with E-state index >= 15 is 0 Å². The van der Waals surface area contributed by atoms with E-state index in [2.05, 4.69) is 10.6 Å². The standard InChI is InChI=1S/C9H18N2O4/c1-7(12)4-5-10-9(13)11-6-8(14-2)15-3/h8H,4-6H2,1-3H3,(H2,10,11,13). The molecule has 0 aromatic carbocycles. The fourth-order valence-electron chi connectivity index (χ4n) is 0.853. The highest BCUT2D eigenvalue weighted by atomic mass is 16.7. The fourth-order valence-corrected chi connectivity index (χ4v) is 0.853. The largest absolute Gasteiger partial charge is 0.354 e. The summed E-state index contributed by atoms with van der Waals surface area (Å²) in [4.78, 5) is 21.7. The summed E-state index contributed by atoms with van der Waals surface area (Å²) < 4.78 is 9.75. The quantitative estimate of drug-likeness (QED) is 0.584. The predicted octanol–water partition coefficient (Wildman–Crippen LogP) is -0.116. The number of ketones is 1. The van der Waals surface area contributed by atoms with Gasteiger partial charge in [0.05, 0.1) is 6.54 Å². The normalized spacial score (nSPS) is 10.1. The zero-order chi connectivity index (χ0) is 11.7. The van der Waals surface area contributed by atoms with E-state index in [0.29, 0.717) is 13.0 Å². The van der Waals surface area contributed by atoms with Gasteiger partial charge < -0.3 is 20.1 Å². The van der Waals surface area contributed by atoms with Crippen LogP contribution in [0, 0.1) is 0 Å². The number of methoxy groups -OCH3 is 2. The third kappa shape index (κ3) is 7.90. The van der Waals surface area contributed by atoms with E-state index in [-0.39, 0.29) is 18.4 Å². The van der Waals surface area contributed by atoms with Crippen LogP contribution in [0.1, 0.15) is 13.3 Å². The highest BCUT2D eigenvalue weighted by molar-refractivity contribution is 5.77. The van der Waals surface area contributed by atoms with Gasteiger partial charge in [0.25, 0.3) is 0 Å². The number of Topliss-reactive ketones (excluding diaryl/α,β-unsaturated/α-hetero) is 1. The number of carbonyl (C=O) groups excluding carboxylic acids is 2. The summed E-state index contributed by atoms with van der Waals surface area (Å²) in [6, 6.07) is -0.338. The SMILES string of the molecule is COC(CNC(=O)NCCC(C)=O)OC. The van der Waals surface area contributed by atoms with Crippen LogP contribution in [0.5, 0.6) is 0 Å². The van der Waals surface area contributed by atoms with Crippen LogP contribution in [-0.4, -0.2) is 45.4 Å². The topological polar surface area (TPSA) is 76.7 Å². The molecule has 0 atom stereocenters. The zero-order valence-corrected chi connectivity index (χ0v) is 9.33.